The highest BCUT2D eigenvalue weighted by molar-refractivity contribution is 5.68. The number of rotatable bonds is 9. The van der Waals surface area contributed by atoms with Crippen LogP contribution in [0.1, 0.15) is 49.2 Å². The Kier molecular flexibility index (Phi) is 8.41. The van der Waals surface area contributed by atoms with Crippen molar-refractivity contribution in [2.45, 2.75) is 32.4 Å². The maximum absolute atomic E-state index is 5.21. The van der Waals surface area contributed by atoms with Crippen LogP contribution in [-0.4, -0.2) is 45.9 Å². The van der Waals surface area contributed by atoms with Gasteiger partial charge in [-0.05, 0) is 17.0 Å². The summed E-state index contributed by atoms with van der Waals surface area (Å²) < 4.78 is 0. The summed E-state index contributed by atoms with van der Waals surface area (Å²) in [5.74, 6) is 1.42. The molecule has 5 aromatic rings. The summed E-state index contributed by atoms with van der Waals surface area (Å²) in [5, 5.41) is 0. The molecule has 41 heavy (non-hydrogen) atoms. The zero-order chi connectivity index (χ0) is 28.0. The lowest BCUT2D eigenvalue weighted by molar-refractivity contribution is 0.0564. The van der Waals surface area contributed by atoms with E-state index in [0.717, 1.165) is 49.7 Å². The fraction of sp³-hybridized carbons (Fsp3) is 0.270. The monoisotopic (exact) mass is 540 g/mol. The Morgan fingerprint density at radius 3 is 1.61 bits per heavy atom. The second-order valence-corrected chi connectivity index (χ2v) is 11.2. The van der Waals surface area contributed by atoms with Crippen LogP contribution in [0.15, 0.2) is 121 Å². The molecule has 0 radical (unpaired) electrons. The van der Waals surface area contributed by atoms with Crippen molar-refractivity contribution in [3.8, 4) is 22.6 Å². The van der Waals surface area contributed by atoms with Crippen LogP contribution in [0.2, 0.25) is 0 Å². The molecule has 208 valence electrons. The van der Waals surface area contributed by atoms with E-state index in [1.807, 2.05) is 0 Å². The smallest absolute Gasteiger partial charge is 0.138 e. The van der Waals surface area contributed by atoms with E-state index in [-0.39, 0.29) is 12.1 Å². The van der Waals surface area contributed by atoms with Crippen LogP contribution in [-0.2, 0) is 0 Å². The first kappa shape index (κ1) is 27.2. The molecule has 1 aromatic heterocycles. The van der Waals surface area contributed by atoms with Crippen LogP contribution < -0.4 is 0 Å². The lowest BCUT2D eigenvalue weighted by atomic mass is 9.91. The number of hydrogen-bond donors (Lipinski definition) is 1. The number of aromatic amines is 1. The number of hydrogen-bond acceptors (Lipinski definition) is 3. The zero-order valence-corrected chi connectivity index (χ0v) is 24.2. The van der Waals surface area contributed by atoms with E-state index in [1.165, 1.54) is 22.4 Å². The fourth-order valence-electron chi connectivity index (χ4n) is 6.36. The number of benzene rings is 4. The van der Waals surface area contributed by atoms with Gasteiger partial charge in [0, 0.05) is 37.3 Å². The Morgan fingerprint density at radius 2 is 1.10 bits per heavy atom. The Balaban J connectivity index is 1.32. The number of nitrogens with one attached hydrogen (secondary N) is 1. The Morgan fingerprint density at radius 1 is 0.634 bits per heavy atom. The molecule has 0 amide bonds. The fourth-order valence-corrected chi connectivity index (χ4v) is 6.36. The van der Waals surface area contributed by atoms with Crippen molar-refractivity contribution in [3.05, 3.63) is 138 Å². The number of piperazine rings is 1. The quantitative estimate of drug-likeness (QED) is 0.204. The minimum absolute atomic E-state index is 0.259. The van der Waals surface area contributed by atoms with Gasteiger partial charge in [-0.3, -0.25) is 9.80 Å². The topological polar surface area (TPSA) is 35.2 Å². The molecule has 1 saturated heterocycles. The van der Waals surface area contributed by atoms with Gasteiger partial charge in [-0.1, -0.05) is 142 Å². The molecular formula is C37H40N4. The van der Waals surface area contributed by atoms with Gasteiger partial charge in [0.05, 0.1) is 23.5 Å². The van der Waals surface area contributed by atoms with Crippen LogP contribution in [0.4, 0.5) is 0 Å². The normalized spacial score (nSPS) is 16.1. The standard InChI is InChI=1S/C37H40N4/c1-3-28(2)35(34-33(29-16-8-4-9-17-29)38-37(39-34)32-22-14-7-15-23-32)40-24-26-41(27-25-40)36(30-18-10-5-11-19-30)31-20-12-6-13-21-31/h4-23,28,35-36H,3,24-27H2,1-2H3,(H,38,39). The first-order chi connectivity index (χ1) is 20.2. The third-order valence-electron chi connectivity index (χ3n) is 8.64. The summed E-state index contributed by atoms with van der Waals surface area (Å²) >= 11 is 0. The minimum atomic E-state index is 0.259. The lowest BCUT2D eigenvalue weighted by Crippen LogP contribution is -2.50. The number of aromatic nitrogens is 2. The van der Waals surface area contributed by atoms with E-state index in [9.17, 15) is 0 Å². The lowest BCUT2D eigenvalue weighted by Gasteiger charge is -2.44. The second kappa shape index (κ2) is 12.7. The molecule has 2 unspecified atom stereocenters. The molecule has 6 rings (SSSR count). The van der Waals surface area contributed by atoms with Crippen LogP contribution >= 0.6 is 0 Å². The maximum Gasteiger partial charge on any atom is 0.138 e. The van der Waals surface area contributed by atoms with Crippen molar-refractivity contribution in [1.82, 2.24) is 19.8 Å². The van der Waals surface area contributed by atoms with E-state index in [2.05, 4.69) is 150 Å². The minimum Gasteiger partial charge on any atom is -0.340 e. The molecule has 1 fully saturated rings. The summed E-state index contributed by atoms with van der Waals surface area (Å²) in [5.41, 5.74) is 7.32. The van der Waals surface area contributed by atoms with Crippen LogP contribution in [0.3, 0.4) is 0 Å². The van der Waals surface area contributed by atoms with Gasteiger partial charge in [-0.15, -0.1) is 0 Å². The molecule has 1 N–H and O–H groups in total. The Hall–Kier alpha value is -3.99. The predicted octanol–water partition coefficient (Wildman–Crippen LogP) is 8.24. The molecule has 0 aliphatic carbocycles. The largest absolute Gasteiger partial charge is 0.340 e. The molecule has 4 heteroatoms. The number of H-pyrrole nitrogens is 1. The van der Waals surface area contributed by atoms with Crippen molar-refractivity contribution in [1.29, 1.82) is 0 Å². The number of imidazole rings is 1. The molecule has 1 aliphatic rings. The highest BCUT2D eigenvalue weighted by atomic mass is 15.3. The van der Waals surface area contributed by atoms with Gasteiger partial charge in [-0.2, -0.15) is 0 Å². The van der Waals surface area contributed by atoms with Crippen molar-refractivity contribution in [2.24, 2.45) is 5.92 Å². The third-order valence-corrected chi connectivity index (χ3v) is 8.64. The van der Waals surface area contributed by atoms with E-state index in [4.69, 9.17) is 4.98 Å². The van der Waals surface area contributed by atoms with Gasteiger partial charge < -0.3 is 4.98 Å². The molecule has 1 aliphatic heterocycles. The molecule has 2 heterocycles. The average Bonchev–Trinajstić information content (AvgIpc) is 3.49. The van der Waals surface area contributed by atoms with Gasteiger partial charge in [0.15, 0.2) is 0 Å². The summed E-state index contributed by atoms with van der Waals surface area (Å²) in [6.45, 7) is 8.76. The first-order valence-electron chi connectivity index (χ1n) is 15.0. The highest BCUT2D eigenvalue weighted by Crippen LogP contribution is 2.39. The molecule has 0 bridgehead atoms. The molecule has 4 aromatic carbocycles. The summed E-state index contributed by atoms with van der Waals surface area (Å²) in [6, 6.07) is 43.7. The second-order valence-electron chi connectivity index (χ2n) is 11.2. The van der Waals surface area contributed by atoms with E-state index >= 15 is 0 Å². The SMILES string of the molecule is CCC(C)C(c1[nH]c(-c2ccccc2)nc1-c1ccccc1)N1CCN(C(c2ccccc2)c2ccccc2)CC1. The first-order valence-corrected chi connectivity index (χ1v) is 15.0. The van der Waals surface area contributed by atoms with Gasteiger partial charge in [0.1, 0.15) is 5.82 Å². The summed E-state index contributed by atoms with van der Waals surface area (Å²) in [4.78, 5) is 14.4. The Bertz CT molecular complexity index is 1450. The maximum atomic E-state index is 5.21. The molecule has 2 atom stereocenters. The van der Waals surface area contributed by atoms with E-state index in [0.29, 0.717) is 5.92 Å². The van der Waals surface area contributed by atoms with Crippen molar-refractivity contribution < 1.29 is 0 Å². The van der Waals surface area contributed by atoms with Crippen LogP contribution in [0, 0.1) is 5.92 Å². The van der Waals surface area contributed by atoms with Crippen molar-refractivity contribution >= 4 is 0 Å². The summed E-state index contributed by atoms with van der Waals surface area (Å²) in [6.07, 6.45) is 1.11. The number of nitrogens with zero attached hydrogens (tertiary/aromatic N) is 3. The highest BCUT2D eigenvalue weighted by Gasteiger charge is 2.34. The van der Waals surface area contributed by atoms with Gasteiger partial charge >= 0.3 is 0 Å². The molecular weight excluding hydrogens is 500 g/mol. The predicted molar refractivity (Wildman–Crippen MR) is 170 cm³/mol. The molecule has 0 spiro atoms. The van der Waals surface area contributed by atoms with Gasteiger partial charge in [0.2, 0.25) is 0 Å². The third kappa shape index (κ3) is 5.90. The Labute approximate surface area is 244 Å². The van der Waals surface area contributed by atoms with Gasteiger partial charge in [-0.25, -0.2) is 4.98 Å². The molecule has 0 saturated carbocycles. The van der Waals surface area contributed by atoms with Gasteiger partial charge in [0.25, 0.3) is 0 Å². The van der Waals surface area contributed by atoms with E-state index in [1.54, 1.807) is 0 Å². The van der Waals surface area contributed by atoms with E-state index < -0.39 is 0 Å². The van der Waals surface area contributed by atoms with Crippen molar-refractivity contribution in [3.63, 3.8) is 0 Å². The van der Waals surface area contributed by atoms with Crippen LogP contribution in [0.25, 0.3) is 22.6 Å². The zero-order valence-electron chi connectivity index (χ0n) is 24.2. The van der Waals surface area contributed by atoms with Crippen molar-refractivity contribution in [2.75, 3.05) is 26.2 Å². The van der Waals surface area contributed by atoms with Crippen LogP contribution in [0.5, 0.6) is 0 Å². The summed E-state index contributed by atoms with van der Waals surface area (Å²) in [7, 11) is 0. The molecule has 4 nitrogen and oxygen atoms in total. The average molecular weight is 541 g/mol.